The summed E-state index contributed by atoms with van der Waals surface area (Å²) in [6.45, 7) is 7.68. The highest BCUT2D eigenvalue weighted by Gasteiger charge is 2.27. The van der Waals surface area contributed by atoms with Crippen molar-refractivity contribution in [2.75, 3.05) is 29.7 Å². The van der Waals surface area contributed by atoms with Gasteiger partial charge in [0.15, 0.2) is 11.7 Å². The Morgan fingerprint density at radius 2 is 1.78 bits per heavy atom. The molecule has 0 saturated carbocycles. The summed E-state index contributed by atoms with van der Waals surface area (Å²) in [6, 6.07) is 17.3. The van der Waals surface area contributed by atoms with Gasteiger partial charge in [0.05, 0.1) is 16.7 Å². The Balaban J connectivity index is 1.41. The fourth-order valence-electron chi connectivity index (χ4n) is 5.01. The molecular formula is C33H42N4O7S. The first-order valence-electron chi connectivity index (χ1n) is 15.0. The molecular weight excluding hydrogens is 596 g/mol. The first-order valence-corrected chi connectivity index (χ1v) is 16.4. The van der Waals surface area contributed by atoms with Crippen molar-refractivity contribution >= 4 is 38.7 Å². The predicted octanol–water partition coefficient (Wildman–Crippen LogP) is 4.12. The van der Waals surface area contributed by atoms with Gasteiger partial charge in [-0.25, -0.2) is 8.42 Å². The van der Waals surface area contributed by atoms with Crippen LogP contribution in [0, 0.1) is 19.8 Å². The van der Waals surface area contributed by atoms with E-state index in [1.807, 2.05) is 52.0 Å². The van der Waals surface area contributed by atoms with E-state index in [1.54, 1.807) is 24.3 Å². The van der Waals surface area contributed by atoms with Crippen molar-refractivity contribution in [1.29, 1.82) is 0 Å². The number of hydrogen-bond donors (Lipinski definition) is 4. The number of fused-ring (bicyclic) bond motifs is 1. The van der Waals surface area contributed by atoms with Gasteiger partial charge in [0.25, 0.3) is 21.9 Å². The number of aromatic nitrogens is 1. The Labute approximate surface area is 264 Å². The molecule has 1 aromatic heterocycles. The number of nitrogen functional groups attached to an aromatic ring is 1. The van der Waals surface area contributed by atoms with E-state index in [-0.39, 0.29) is 48.5 Å². The number of sulfonamides is 1. The molecule has 45 heavy (non-hydrogen) atoms. The highest BCUT2D eigenvalue weighted by atomic mass is 32.2. The maximum absolute atomic E-state index is 13.8. The number of oxazole rings is 1. The van der Waals surface area contributed by atoms with E-state index >= 15 is 0 Å². The van der Waals surface area contributed by atoms with E-state index in [2.05, 4.69) is 10.3 Å². The average Bonchev–Trinajstić information content (AvgIpc) is 3.38. The summed E-state index contributed by atoms with van der Waals surface area (Å²) in [7, 11) is -3.96. The second kappa shape index (κ2) is 14.8. The van der Waals surface area contributed by atoms with Crippen LogP contribution in [0.3, 0.4) is 0 Å². The Morgan fingerprint density at radius 1 is 1.07 bits per heavy atom. The number of para-hydroxylation sites is 1. The maximum atomic E-state index is 13.8. The van der Waals surface area contributed by atoms with Crippen LogP contribution < -0.4 is 20.1 Å². The predicted molar refractivity (Wildman–Crippen MR) is 174 cm³/mol. The smallest absolute Gasteiger partial charge is 0.292 e. The molecule has 5 N–H and O–H groups in total. The number of nitrogens with zero attached hydrogens (tertiary/aromatic N) is 2. The Hall–Kier alpha value is -4.13. The van der Waals surface area contributed by atoms with Crippen LogP contribution in [-0.4, -0.2) is 61.4 Å². The number of carbonyl (C=O) groups is 1. The number of benzene rings is 3. The van der Waals surface area contributed by atoms with Crippen LogP contribution in [0.25, 0.3) is 11.1 Å². The van der Waals surface area contributed by atoms with Gasteiger partial charge in [0.2, 0.25) is 0 Å². The Kier molecular flexibility index (Phi) is 11.1. The Bertz CT molecular complexity index is 1700. The number of ether oxygens (including phenoxy) is 1. The van der Waals surface area contributed by atoms with Crippen LogP contribution in [-0.2, 0) is 21.2 Å². The number of carbonyl (C=O) groups excluding carboxylic acids is 1. The lowest BCUT2D eigenvalue weighted by atomic mass is 10.1. The van der Waals surface area contributed by atoms with Crippen LogP contribution in [0.5, 0.6) is 5.75 Å². The van der Waals surface area contributed by atoms with Crippen molar-refractivity contribution in [2.45, 2.75) is 64.1 Å². The molecule has 0 bridgehead atoms. The number of anilines is 2. The molecule has 0 aliphatic heterocycles. The lowest BCUT2D eigenvalue weighted by Gasteiger charge is -2.27. The Morgan fingerprint density at radius 3 is 2.47 bits per heavy atom. The lowest BCUT2D eigenvalue weighted by Crippen LogP contribution is -2.42. The standard InChI is InChI=1S/C33H42N4O7S/c1-21(2)20-37(45(41,42)27-13-14-28-30(18-27)44-33(34)36-28)25-10-6-9-24(17-25)11-12-26(39)19-35-32(40)29(15-16-38)43-31-22(3)7-5-8-23(31)4/h5-10,13-14,17-18,21,26,29,38-39H,11-12,15-16,19-20H2,1-4H3,(H2,34,36)(H,35,40). The van der Waals surface area contributed by atoms with Gasteiger partial charge in [0.1, 0.15) is 11.3 Å². The van der Waals surface area contributed by atoms with Crippen LogP contribution in [0.2, 0.25) is 0 Å². The summed E-state index contributed by atoms with van der Waals surface area (Å²) < 4.78 is 40.3. The van der Waals surface area contributed by atoms with E-state index in [0.29, 0.717) is 29.8 Å². The average molecular weight is 639 g/mol. The molecule has 3 aromatic carbocycles. The minimum Gasteiger partial charge on any atom is -0.480 e. The third-order valence-electron chi connectivity index (χ3n) is 7.32. The molecule has 11 nitrogen and oxygen atoms in total. The van der Waals surface area contributed by atoms with Gasteiger partial charge in [-0.15, -0.1) is 0 Å². The first-order chi connectivity index (χ1) is 21.4. The summed E-state index contributed by atoms with van der Waals surface area (Å²) in [5, 5.41) is 22.9. The van der Waals surface area contributed by atoms with Gasteiger partial charge in [-0.1, -0.05) is 44.2 Å². The van der Waals surface area contributed by atoms with Crippen molar-refractivity contribution in [3.63, 3.8) is 0 Å². The molecule has 0 fully saturated rings. The molecule has 12 heteroatoms. The summed E-state index contributed by atoms with van der Waals surface area (Å²) in [4.78, 5) is 17.0. The topological polar surface area (TPSA) is 168 Å². The minimum atomic E-state index is -3.96. The van der Waals surface area contributed by atoms with Crippen LogP contribution >= 0.6 is 0 Å². The zero-order valence-corrected chi connectivity index (χ0v) is 26.9. The summed E-state index contributed by atoms with van der Waals surface area (Å²) in [5.74, 6) is 0.212. The molecule has 4 rings (SSSR count). The summed E-state index contributed by atoms with van der Waals surface area (Å²) in [5.41, 5.74) is 9.49. The molecule has 0 aliphatic carbocycles. The molecule has 1 amide bonds. The molecule has 1 heterocycles. The quantitative estimate of drug-likeness (QED) is 0.150. The van der Waals surface area contributed by atoms with Crippen LogP contribution in [0.4, 0.5) is 11.7 Å². The molecule has 242 valence electrons. The second-order valence-electron chi connectivity index (χ2n) is 11.6. The SMILES string of the molecule is Cc1cccc(C)c1OC(CCO)C(=O)NCC(O)CCc1cccc(N(CC(C)C)S(=O)(=O)c2ccc3nc(N)oc3c2)c1. The number of rotatable bonds is 15. The largest absolute Gasteiger partial charge is 0.480 e. The minimum absolute atomic E-state index is 0.000944. The van der Waals surface area contributed by atoms with Crippen molar-refractivity contribution in [3.8, 4) is 5.75 Å². The van der Waals surface area contributed by atoms with Gasteiger partial charge < -0.3 is 30.4 Å². The number of nitrogens with two attached hydrogens (primary N) is 1. The molecule has 4 aromatic rings. The number of aliphatic hydroxyl groups is 2. The van der Waals surface area contributed by atoms with E-state index in [1.165, 1.54) is 16.4 Å². The normalized spacial score (nSPS) is 13.1. The van der Waals surface area contributed by atoms with Crippen molar-refractivity contribution in [1.82, 2.24) is 10.3 Å². The summed E-state index contributed by atoms with van der Waals surface area (Å²) >= 11 is 0. The van der Waals surface area contributed by atoms with Crippen molar-refractivity contribution < 1.29 is 32.6 Å². The van der Waals surface area contributed by atoms with Crippen LogP contribution in [0.1, 0.15) is 43.4 Å². The zero-order valence-electron chi connectivity index (χ0n) is 26.1. The highest BCUT2D eigenvalue weighted by molar-refractivity contribution is 7.92. The van der Waals surface area contributed by atoms with Crippen molar-refractivity contribution in [2.24, 2.45) is 5.92 Å². The fraction of sp³-hybridized carbons (Fsp3) is 0.394. The highest BCUT2D eigenvalue weighted by Crippen LogP contribution is 2.29. The van der Waals surface area contributed by atoms with E-state index < -0.39 is 28.1 Å². The molecule has 2 atom stereocenters. The molecule has 2 unspecified atom stereocenters. The fourth-order valence-corrected chi connectivity index (χ4v) is 6.64. The third kappa shape index (κ3) is 8.53. The summed E-state index contributed by atoms with van der Waals surface area (Å²) in [6.07, 6.45) is -0.882. The molecule has 0 spiro atoms. The molecule has 0 saturated heterocycles. The second-order valence-corrected chi connectivity index (χ2v) is 13.4. The number of amides is 1. The first kappa shape index (κ1) is 33.8. The number of aliphatic hydroxyl groups excluding tert-OH is 2. The van der Waals surface area contributed by atoms with Crippen molar-refractivity contribution in [3.05, 3.63) is 77.4 Å². The molecule has 0 radical (unpaired) electrons. The lowest BCUT2D eigenvalue weighted by molar-refractivity contribution is -0.129. The number of nitrogens with one attached hydrogen (secondary N) is 1. The van der Waals surface area contributed by atoms with Gasteiger partial charge in [-0.2, -0.15) is 4.98 Å². The van der Waals surface area contributed by atoms with E-state index in [0.717, 1.165) is 16.7 Å². The molecule has 0 aliphatic rings. The van der Waals surface area contributed by atoms with E-state index in [9.17, 15) is 23.4 Å². The zero-order chi connectivity index (χ0) is 32.7. The van der Waals surface area contributed by atoms with E-state index in [4.69, 9.17) is 14.9 Å². The maximum Gasteiger partial charge on any atom is 0.292 e. The van der Waals surface area contributed by atoms with Gasteiger partial charge >= 0.3 is 0 Å². The van der Waals surface area contributed by atoms with Gasteiger partial charge in [-0.3, -0.25) is 9.10 Å². The van der Waals surface area contributed by atoms with Gasteiger partial charge in [-0.05, 0) is 73.6 Å². The monoisotopic (exact) mass is 638 g/mol. The van der Waals surface area contributed by atoms with Crippen LogP contribution in [0.15, 0.2) is 70.0 Å². The number of aryl methyl sites for hydroxylation is 3. The number of hydrogen-bond acceptors (Lipinski definition) is 9. The third-order valence-corrected chi connectivity index (χ3v) is 9.11. The van der Waals surface area contributed by atoms with Gasteiger partial charge in [0, 0.05) is 32.2 Å².